The Labute approximate surface area is 217 Å². The third-order valence-corrected chi connectivity index (χ3v) is 8.16. The number of nitrogens with zero attached hydrogens (tertiary/aromatic N) is 1. The zero-order valence-corrected chi connectivity index (χ0v) is 22.6. The fraction of sp³-hybridized carbons (Fsp3) is 0.654. The topological polar surface area (TPSA) is 91.3 Å². The van der Waals surface area contributed by atoms with Gasteiger partial charge >= 0.3 is 0 Å². The maximum atomic E-state index is 13.7. The number of para-hydroxylation sites is 1. The lowest BCUT2D eigenvalue weighted by molar-refractivity contribution is -0.182. The van der Waals surface area contributed by atoms with Crippen molar-refractivity contribution < 1.29 is 24.6 Å². The minimum absolute atomic E-state index is 0.0973. The lowest BCUT2D eigenvalue weighted by atomic mass is 9.78. The van der Waals surface area contributed by atoms with Crippen LogP contribution in [0.3, 0.4) is 0 Å². The second-order valence-electron chi connectivity index (χ2n) is 9.67. The fourth-order valence-electron chi connectivity index (χ4n) is 5.27. The molecule has 190 valence electrons. The van der Waals surface area contributed by atoms with E-state index in [4.69, 9.17) is 9.57 Å². The minimum atomic E-state index is -0.822. The van der Waals surface area contributed by atoms with Gasteiger partial charge < -0.3 is 20.3 Å². The number of halogens is 1. The molecule has 3 rings (SSSR count). The van der Waals surface area contributed by atoms with Crippen LogP contribution in [0.2, 0.25) is 0 Å². The molecule has 0 spiro atoms. The van der Waals surface area contributed by atoms with Gasteiger partial charge in [-0.3, -0.25) is 9.63 Å². The third-order valence-electron chi connectivity index (χ3n) is 7.31. The Morgan fingerprint density at radius 3 is 2.85 bits per heavy atom. The van der Waals surface area contributed by atoms with Crippen LogP contribution in [0.15, 0.2) is 30.9 Å². The number of ether oxygens (including phenoxy) is 1. The number of hydrogen-bond acceptors (Lipinski definition) is 6. The van der Waals surface area contributed by atoms with Crippen LogP contribution >= 0.6 is 22.6 Å². The maximum absolute atomic E-state index is 13.7. The molecule has 1 aliphatic carbocycles. The van der Waals surface area contributed by atoms with Gasteiger partial charge in [-0.2, -0.15) is 5.06 Å². The van der Waals surface area contributed by atoms with Crippen molar-refractivity contribution in [1.29, 1.82) is 0 Å². The van der Waals surface area contributed by atoms with Gasteiger partial charge in [0, 0.05) is 17.5 Å². The van der Waals surface area contributed by atoms with E-state index in [1.165, 1.54) is 6.42 Å². The third kappa shape index (κ3) is 6.32. The van der Waals surface area contributed by atoms with Gasteiger partial charge in [-0.25, -0.2) is 0 Å². The van der Waals surface area contributed by atoms with E-state index in [0.717, 1.165) is 34.1 Å². The van der Waals surface area contributed by atoms with E-state index in [1.54, 1.807) is 18.1 Å². The van der Waals surface area contributed by atoms with Crippen molar-refractivity contribution in [1.82, 2.24) is 10.4 Å². The fourth-order valence-corrected chi connectivity index (χ4v) is 5.98. The number of hydroxylamine groups is 2. The number of rotatable bonds is 10. The van der Waals surface area contributed by atoms with E-state index in [1.807, 2.05) is 18.2 Å². The molecule has 34 heavy (non-hydrogen) atoms. The Bertz CT molecular complexity index is 835. The van der Waals surface area contributed by atoms with Crippen molar-refractivity contribution in [2.75, 3.05) is 13.2 Å². The molecule has 1 aliphatic heterocycles. The molecule has 1 aromatic carbocycles. The van der Waals surface area contributed by atoms with Crippen molar-refractivity contribution in [2.24, 2.45) is 17.8 Å². The first-order chi connectivity index (χ1) is 16.3. The SMILES string of the molecule is C=CCOc1c(I)cccc1CN1O[C@@H](CO)[C@@H]([C@H](C)O)[C@H]1C(=O)N[C@H]1CC(CC)CC[C@@H]1C. The van der Waals surface area contributed by atoms with E-state index in [2.05, 4.69) is 48.3 Å². The number of carbonyl (C=O) groups excluding carboxylic acids is 1. The van der Waals surface area contributed by atoms with Gasteiger partial charge in [0.2, 0.25) is 5.91 Å². The summed E-state index contributed by atoms with van der Waals surface area (Å²) >= 11 is 2.22. The summed E-state index contributed by atoms with van der Waals surface area (Å²) in [6, 6.07) is 5.21. The summed E-state index contributed by atoms with van der Waals surface area (Å²) < 4.78 is 6.85. The summed E-state index contributed by atoms with van der Waals surface area (Å²) in [6.07, 6.45) is 4.58. The van der Waals surface area contributed by atoms with Crippen molar-refractivity contribution in [3.63, 3.8) is 0 Å². The molecule has 1 saturated heterocycles. The molecule has 7 nitrogen and oxygen atoms in total. The number of aliphatic hydroxyl groups is 2. The average molecular weight is 587 g/mol. The lowest BCUT2D eigenvalue weighted by Crippen LogP contribution is -2.53. The Hall–Kier alpha value is -1.20. The molecule has 2 aliphatic rings. The Balaban J connectivity index is 1.86. The van der Waals surface area contributed by atoms with Crippen molar-refractivity contribution in [3.05, 3.63) is 40.0 Å². The van der Waals surface area contributed by atoms with Crippen molar-refractivity contribution in [3.8, 4) is 5.75 Å². The van der Waals surface area contributed by atoms with Crippen LogP contribution in [0.1, 0.15) is 52.0 Å². The second-order valence-corrected chi connectivity index (χ2v) is 10.8. The molecule has 1 aromatic rings. The van der Waals surface area contributed by atoms with Crippen LogP contribution in [0.4, 0.5) is 0 Å². The summed E-state index contributed by atoms with van der Waals surface area (Å²) in [5.74, 6) is 1.03. The van der Waals surface area contributed by atoms with Crippen LogP contribution in [0.25, 0.3) is 0 Å². The molecule has 1 unspecified atom stereocenters. The van der Waals surface area contributed by atoms with Crippen LogP contribution < -0.4 is 10.1 Å². The number of hydrogen-bond donors (Lipinski definition) is 3. The van der Waals surface area contributed by atoms with E-state index in [0.29, 0.717) is 25.0 Å². The molecule has 2 fully saturated rings. The quantitative estimate of drug-likeness (QED) is 0.287. The Morgan fingerprint density at radius 1 is 1.44 bits per heavy atom. The van der Waals surface area contributed by atoms with Gasteiger partial charge in [0.15, 0.2) is 0 Å². The first-order valence-electron chi connectivity index (χ1n) is 12.3. The molecule has 1 saturated carbocycles. The first-order valence-corrected chi connectivity index (χ1v) is 13.4. The van der Waals surface area contributed by atoms with Gasteiger partial charge in [0.25, 0.3) is 0 Å². The molecule has 1 heterocycles. The van der Waals surface area contributed by atoms with Gasteiger partial charge in [-0.15, -0.1) is 0 Å². The molecule has 1 amide bonds. The highest BCUT2D eigenvalue weighted by molar-refractivity contribution is 14.1. The van der Waals surface area contributed by atoms with Crippen LogP contribution in [0.5, 0.6) is 5.75 Å². The number of benzene rings is 1. The highest BCUT2D eigenvalue weighted by Crippen LogP contribution is 2.36. The first kappa shape index (κ1) is 27.4. The molecular formula is C26H39IN2O5. The molecule has 0 bridgehead atoms. The maximum Gasteiger partial charge on any atom is 0.240 e. The molecule has 7 atom stereocenters. The number of amides is 1. The van der Waals surface area contributed by atoms with Crippen molar-refractivity contribution >= 4 is 28.5 Å². The molecule has 0 aromatic heterocycles. The molecule has 8 heteroatoms. The second kappa shape index (κ2) is 12.7. The molecule has 0 radical (unpaired) electrons. The summed E-state index contributed by atoms with van der Waals surface area (Å²) in [5, 5.41) is 25.5. The summed E-state index contributed by atoms with van der Waals surface area (Å²) in [7, 11) is 0. The van der Waals surface area contributed by atoms with Crippen LogP contribution in [-0.2, 0) is 16.2 Å². The summed E-state index contributed by atoms with van der Waals surface area (Å²) in [5.41, 5.74) is 0.867. The van der Waals surface area contributed by atoms with Gasteiger partial charge in [0.05, 0.1) is 22.8 Å². The number of carbonyl (C=O) groups is 1. The zero-order valence-electron chi connectivity index (χ0n) is 20.5. The largest absolute Gasteiger partial charge is 0.488 e. The Kier molecular flexibility index (Phi) is 10.2. The zero-order chi connectivity index (χ0) is 24.8. The highest BCUT2D eigenvalue weighted by Gasteiger charge is 2.50. The monoisotopic (exact) mass is 586 g/mol. The van der Waals surface area contributed by atoms with Gasteiger partial charge in [-0.1, -0.05) is 51.5 Å². The predicted molar refractivity (Wildman–Crippen MR) is 140 cm³/mol. The van der Waals surface area contributed by atoms with E-state index in [9.17, 15) is 15.0 Å². The Morgan fingerprint density at radius 2 is 2.21 bits per heavy atom. The predicted octanol–water partition coefficient (Wildman–Crippen LogP) is 3.66. The van der Waals surface area contributed by atoms with E-state index < -0.39 is 24.2 Å². The van der Waals surface area contributed by atoms with E-state index >= 15 is 0 Å². The summed E-state index contributed by atoms with van der Waals surface area (Å²) in [4.78, 5) is 19.7. The summed E-state index contributed by atoms with van der Waals surface area (Å²) in [6.45, 7) is 10.2. The van der Waals surface area contributed by atoms with Crippen LogP contribution in [0, 0.1) is 21.3 Å². The van der Waals surface area contributed by atoms with Gasteiger partial charge in [0.1, 0.15) is 24.5 Å². The van der Waals surface area contributed by atoms with Gasteiger partial charge in [-0.05, 0) is 60.3 Å². The minimum Gasteiger partial charge on any atom is -0.488 e. The number of nitrogens with one attached hydrogen (secondary N) is 1. The lowest BCUT2D eigenvalue weighted by Gasteiger charge is -2.36. The van der Waals surface area contributed by atoms with Crippen LogP contribution in [-0.4, -0.2) is 58.7 Å². The average Bonchev–Trinajstić information content (AvgIpc) is 3.19. The highest BCUT2D eigenvalue weighted by atomic mass is 127. The smallest absolute Gasteiger partial charge is 0.240 e. The molecular weight excluding hydrogens is 547 g/mol. The molecule has 3 N–H and O–H groups in total. The number of aliphatic hydroxyl groups excluding tert-OH is 2. The van der Waals surface area contributed by atoms with Crippen molar-refractivity contribution in [2.45, 2.75) is 77.3 Å². The normalized spacial score (nSPS) is 30.6. The van der Waals surface area contributed by atoms with E-state index in [-0.39, 0.29) is 18.6 Å². The standard InChI is InChI=1S/C26H39IN2O5/c1-5-12-33-25-19(8-7-9-20(25)27)14-29-24(23(17(4)31)22(15-30)34-29)26(32)28-21-13-18(6-2)11-10-16(21)3/h5,7-9,16-18,21-24,30-31H,1,6,10-15H2,2-4H3,(H,28,32)/t16-,17-,18?,21-,22-,23+,24-/m0/s1.